The van der Waals surface area contributed by atoms with Gasteiger partial charge in [0.05, 0.1) is 6.10 Å². The number of ether oxygens (including phenoxy) is 1. The number of aromatic nitrogens is 2. The van der Waals surface area contributed by atoms with Crippen LogP contribution in [0.25, 0.3) is 11.5 Å². The van der Waals surface area contributed by atoms with E-state index >= 15 is 0 Å². The van der Waals surface area contributed by atoms with Gasteiger partial charge in [0.1, 0.15) is 5.69 Å². The molecule has 0 bridgehead atoms. The molecule has 0 aromatic carbocycles. The van der Waals surface area contributed by atoms with E-state index in [1.54, 1.807) is 18.3 Å². The van der Waals surface area contributed by atoms with Crippen LogP contribution in [-0.2, 0) is 14.8 Å². The summed E-state index contributed by atoms with van der Waals surface area (Å²) in [6.07, 6.45) is 4.16. The molecule has 2 aromatic heterocycles. The third-order valence-corrected chi connectivity index (χ3v) is 5.58. The average Bonchev–Trinajstić information content (AvgIpc) is 3.24. The van der Waals surface area contributed by atoms with Crippen molar-refractivity contribution in [2.24, 2.45) is 0 Å². The Morgan fingerprint density at radius 1 is 1.43 bits per heavy atom. The van der Waals surface area contributed by atoms with Crippen LogP contribution in [0, 0.1) is 0 Å². The first kappa shape index (κ1) is 16.2. The Balaban J connectivity index is 1.76. The van der Waals surface area contributed by atoms with Gasteiger partial charge in [-0.15, -0.1) is 0 Å². The maximum absolute atomic E-state index is 12.7. The minimum atomic E-state index is -3.64. The van der Waals surface area contributed by atoms with Gasteiger partial charge in [-0.05, 0) is 37.5 Å². The van der Waals surface area contributed by atoms with Crippen LogP contribution in [0.15, 0.2) is 33.9 Å². The molecule has 8 heteroatoms. The van der Waals surface area contributed by atoms with Gasteiger partial charge in [0, 0.05) is 25.9 Å². The van der Waals surface area contributed by atoms with Gasteiger partial charge < -0.3 is 9.15 Å². The number of piperidine rings is 1. The molecule has 1 saturated heterocycles. The predicted octanol–water partition coefficient (Wildman–Crippen LogP) is 2.25. The Bertz CT molecular complexity index is 724. The quantitative estimate of drug-likeness (QED) is 0.872. The molecule has 0 amide bonds. The van der Waals surface area contributed by atoms with E-state index in [0.717, 1.165) is 19.3 Å². The fraction of sp³-hybridized carbons (Fsp3) is 0.533. The van der Waals surface area contributed by atoms with Crippen molar-refractivity contribution >= 4 is 10.0 Å². The van der Waals surface area contributed by atoms with Gasteiger partial charge >= 0.3 is 0 Å². The summed E-state index contributed by atoms with van der Waals surface area (Å²) in [5.41, 5.74) is 0.647. The van der Waals surface area contributed by atoms with Gasteiger partial charge in [-0.3, -0.25) is 5.10 Å². The highest BCUT2D eigenvalue weighted by molar-refractivity contribution is 7.89. The molecule has 23 heavy (non-hydrogen) atoms. The fourth-order valence-corrected chi connectivity index (χ4v) is 4.09. The average molecular weight is 339 g/mol. The van der Waals surface area contributed by atoms with Crippen molar-refractivity contribution in [1.82, 2.24) is 14.5 Å². The van der Waals surface area contributed by atoms with Gasteiger partial charge in [0.25, 0.3) is 10.0 Å². The number of hydrogen-bond acceptors (Lipinski definition) is 5. The second-order valence-corrected chi connectivity index (χ2v) is 7.46. The molecule has 1 aliphatic heterocycles. The van der Waals surface area contributed by atoms with Crippen LogP contribution in [0.2, 0.25) is 0 Å². The van der Waals surface area contributed by atoms with Crippen LogP contribution in [0.4, 0.5) is 0 Å². The predicted molar refractivity (Wildman–Crippen MR) is 84.3 cm³/mol. The number of nitrogens with one attached hydrogen (secondary N) is 1. The Labute approximate surface area is 135 Å². The summed E-state index contributed by atoms with van der Waals surface area (Å²) in [7, 11) is -3.64. The standard InChI is InChI=1S/C15H21N3O4S/c1-2-10-21-12-4-3-9-18(11-12)23(19,20)15-6-5-14(22-15)13-7-8-16-17-13/h5-8,12H,2-4,9-11H2,1H3,(H,16,17). The molecule has 0 saturated carbocycles. The Hall–Kier alpha value is -1.64. The third kappa shape index (κ3) is 3.49. The van der Waals surface area contributed by atoms with E-state index in [1.807, 2.05) is 6.92 Å². The van der Waals surface area contributed by atoms with Crippen molar-refractivity contribution in [1.29, 1.82) is 0 Å². The molecule has 0 aliphatic carbocycles. The Kier molecular flexibility index (Phi) is 4.84. The van der Waals surface area contributed by atoms with Crippen molar-refractivity contribution in [3.8, 4) is 11.5 Å². The number of aromatic amines is 1. The van der Waals surface area contributed by atoms with Crippen LogP contribution in [0.1, 0.15) is 26.2 Å². The molecular formula is C15H21N3O4S. The minimum Gasteiger partial charge on any atom is -0.442 e. The lowest BCUT2D eigenvalue weighted by Crippen LogP contribution is -2.43. The van der Waals surface area contributed by atoms with Crippen LogP contribution in [0.5, 0.6) is 0 Å². The van der Waals surface area contributed by atoms with Crippen LogP contribution >= 0.6 is 0 Å². The minimum absolute atomic E-state index is 0.0412. The second kappa shape index (κ2) is 6.86. The van der Waals surface area contributed by atoms with E-state index in [2.05, 4.69) is 10.2 Å². The number of nitrogens with zero attached hydrogens (tertiary/aromatic N) is 2. The molecule has 1 aliphatic rings. The van der Waals surface area contributed by atoms with Crippen LogP contribution in [-0.4, -0.2) is 48.7 Å². The van der Waals surface area contributed by atoms with Crippen LogP contribution in [0.3, 0.4) is 0 Å². The van der Waals surface area contributed by atoms with Crippen molar-refractivity contribution in [3.05, 3.63) is 24.4 Å². The number of sulfonamides is 1. The highest BCUT2D eigenvalue weighted by Crippen LogP contribution is 2.27. The van der Waals surface area contributed by atoms with Crippen molar-refractivity contribution in [2.45, 2.75) is 37.4 Å². The normalized spacial score (nSPS) is 20.0. The SMILES string of the molecule is CCCOC1CCCN(S(=O)(=O)c2ccc(-c3ccn[nH]3)o2)C1. The first-order chi connectivity index (χ1) is 11.1. The lowest BCUT2D eigenvalue weighted by molar-refractivity contribution is 0.0191. The highest BCUT2D eigenvalue weighted by atomic mass is 32.2. The van der Waals surface area contributed by atoms with Crippen molar-refractivity contribution < 1.29 is 17.6 Å². The van der Waals surface area contributed by atoms with E-state index in [1.165, 1.54) is 10.4 Å². The molecule has 0 radical (unpaired) electrons. The second-order valence-electron chi connectivity index (χ2n) is 5.59. The summed E-state index contributed by atoms with van der Waals surface area (Å²) in [5.74, 6) is 0.455. The molecule has 126 valence electrons. The first-order valence-electron chi connectivity index (χ1n) is 7.82. The van der Waals surface area contributed by atoms with E-state index in [4.69, 9.17) is 9.15 Å². The van der Waals surface area contributed by atoms with Gasteiger partial charge in [-0.1, -0.05) is 6.92 Å². The molecule has 1 unspecified atom stereocenters. The zero-order valence-electron chi connectivity index (χ0n) is 13.1. The van der Waals surface area contributed by atoms with E-state index in [0.29, 0.717) is 31.2 Å². The Morgan fingerprint density at radius 2 is 2.30 bits per heavy atom. The number of hydrogen-bond donors (Lipinski definition) is 1. The topological polar surface area (TPSA) is 88.4 Å². The molecule has 2 aromatic rings. The molecule has 3 heterocycles. The maximum atomic E-state index is 12.7. The summed E-state index contributed by atoms with van der Waals surface area (Å²) in [6, 6.07) is 4.85. The van der Waals surface area contributed by atoms with Gasteiger partial charge in [0.15, 0.2) is 5.76 Å². The van der Waals surface area contributed by atoms with Crippen LogP contribution < -0.4 is 0 Å². The van der Waals surface area contributed by atoms with E-state index < -0.39 is 10.0 Å². The molecule has 3 rings (SSSR count). The van der Waals surface area contributed by atoms with E-state index in [9.17, 15) is 8.42 Å². The monoisotopic (exact) mass is 339 g/mol. The van der Waals surface area contributed by atoms with E-state index in [-0.39, 0.29) is 11.2 Å². The summed E-state index contributed by atoms with van der Waals surface area (Å²) in [4.78, 5) is 0. The zero-order valence-corrected chi connectivity index (χ0v) is 13.9. The number of rotatable bonds is 6. The van der Waals surface area contributed by atoms with Crippen molar-refractivity contribution in [3.63, 3.8) is 0 Å². The highest BCUT2D eigenvalue weighted by Gasteiger charge is 2.32. The van der Waals surface area contributed by atoms with Gasteiger partial charge in [0.2, 0.25) is 5.09 Å². The maximum Gasteiger partial charge on any atom is 0.276 e. The third-order valence-electron chi connectivity index (χ3n) is 3.84. The summed E-state index contributed by atoms with van der Waals surface area (Å²) in [5, 5.41) is 6.55. The Morgan fingerprint density at radius 3 is 3.04 bits per heavy atom. The summed E-state index contributed by atoms with van der Waals surface area (Å²) < 4.78 is 38.2. The van der Waals surface area contributed by atoms with Gasteiger partial charge in [-0.2, -0.15) is 9.40 Å². The molecule has 1 fully saturated rings. The number of furan rings is 1. The lowest BCUT2D eigenvalue weighted by atomic mass is 10.1. The van der Waals surface area contributed by atoms with Gasteiger partial charge in [-0.25, -0.2) is 8.42 Å². The zero-order chi connectivity index (χ0) is 16.3. The summed E-state index contributed by atoms with van der Waals surface area (Å²) >= 11 is 0. The summed E-state index contributed by atoms with van der Waals surface area (Å²) in [6.45, 7) is 3.57. The fourth-order valence-electron chi connectivity index (χ4n) is 2.67. The largest absolute Gasteiger partial charge is 0.442 e. The molecule has 0 spiro atoms. The molecule has 7 nitrogen and oxygen atoms in total. The molecular weight excluding hydrogens is 318 g/mol. The molecule has 1 N–H and O–H groups in total. The van der Waals surface area contributed by atoms with Crippen molar-refractivity contribution in [2.75, 3.05) is 19.7 Å². The number of H-pyrrole nitrogens is 1. The lowest BCUT2D eigenvalue weighted by Gasteiger charge is -2.31. The smallest absolute Gasteiger partial charge is 0.276 e. The first-order valence-corrected chi connectivity index (χ1v) is 9.26. The molecule has 1 atom stereocenters.